The first-order valence-corrected chi connectivity index (χ1v) is 9.24. The van der Waals surface area contributed by atoms with E-state index < -0.39 is 0 Å². The Balaban J connectivity index is 1.62. The zero-order valence-corrected chi connectivity index (χ0v) is 16.7. The van der Waals surface area contributed by atoms with Crippen molar-refractivity contribution in [1.82, 2.24) is 9.55 Å². The highest BCUT2D eigenvalue weighted by molar-refractivity contribution is 9.10. The second-order valence-corrected chi connectivity index (χ2v) is 6.92. The van der Waals surface area contributed by atoms with Crippen LogP contribution in [0.25, 0.3) is 6.08 Å². The van der Waals surface area contributed by atoms with Crippen LogP contribution in [-0.2, 0) is 11.3 Å². The molecule has 0 spiro atoms. The Morgan fingerprint density at radius 2 is 2.04 bits per heavy atom. The van der Waals surface area contributed by atoms with Crippen LogP contribution in [0.5, 0.6) is 5.75 Å². The summed E-state index contributed by atoms with van der Waals surface area (Å²) in [4.78, 5) is 16.4. The number of aryl methyl sites for hydroxylation is 1. The van der Waals surface area contributed by atoms with E-state index in [0.29, 0.717) is 5.75 Å². The van der Waals surface area contributed by atoms with Crippen molar-refractivity contribution in [2.75, 3.05) is 12.4 Å². The van der Waals surface area contributed by atoms with Crippen molar-refractivity contribution in [2.24, 2.45) is 0 Å². The lowest BCUT2D eigenvalue weighted by atomic mass is 10.2. The maximum Gasteiger partial charge on any atom is 0.248 e. The van der Waals surface area contributed by atoms with Crippen molar-refractivity contribution in [2.45, 2.75) is 13.5 Å². The highest BCUT2D eigenvalue weighted by Crippen LogP contribution is 2.24. The SMILES string of the molecule is COc1ccc(Br)cc1/C=C/C(=O)Nc1ccc(Cn2ccnc2C)cc1. The van der Waals surface area contributed by atoms with Gasteiger partial charge in [0.15, 0.2) is 0 Å². The van der Waals surface area contributed by atoms with Crippen LogP contribution in [0.3, 0.4) is 0 Å². The van der Waals surface area contributed by atoms with Gasteiger partial charge < -0.3 is 14.6 Å². The molecule has 0 aliphatic carbocycles. The predicted octanol–water partition coefficient (Wildman–Crippen LogP) is 4.66. The molecule has 27 heavy (non-hydrogen) atoms. The Morgan fingerprint density at radius 3 is 2.70 bits per heavy atom. The van der Waals surface area contributed by atoms with E-state index in [9.17, 15) is 4.79 Å². The number of carbonyl (C=O) groups is 1. The summed E-state index contributed by atoms with van der Waals surface area (Å²) in [5.41, 5.74) is 2.72. The molecule has 0 unspecified atom stereocenters. The molecule has 6 heteroatoms. The number of imidazole rings is 1. The lowest BCUT2D eigenvalue weighted by Crippen LogP contribution is -2.08. The second-order valence-electron chi connectivity index (χ2n) is 6.01. The molecule has 2 aromatic carbocycles. The van der Waals surface area contributed by atoms with Crippen molar-refractivity contribution >= 4 is 33.6 Å². The largest absolute Gasteiger partial charge is 0.496 e. The first-order valence-electron chi connectivity index (χ1n) is 8.44. The Kier molecular flexibility index (Phi) is 6.08. The summed E-state index contributed by atoms with van der Waals surface area (Å²) < 4.78 is 8.30. The molecule has 0 bridgehead atoms. The minimum Gasteiger partial charge on any atom is -0.496 e. The van der Waals surface area contributed by atoms with Crippen LogP contribution in [0.1, 0.15) is 17.0 Å². The van der Waals surface area contributed by atoms with E-state index in [-0.39, 0.29) is 5.91 Å². The third-order valence-corrected chi connectivity index (χ3v) is 4.60. The predicted molar refractivity (Wildman–Crippen MR) is 111 cm³/mol. The van der Waals surface area contributed by atoms with Gasteiger partial charge in [-0.1, -0.05) is 28.1 Å². The van der Waals surface area contributed by atoms with Gasteiger partial charge in [0, 0.05) is 40.7 Å². The molecule has 0 radical (unpaired) electrons. The number of anilines is 1. The third-order valence-electron chi connectivity index (χ3n) is 4.10. The molecule has 0 saturated heterocycles. The lowest BCUT2D eigenvalue weighted by molar-refractivity contribution is -0.111. The molecule has 138 valence electrons. The Labute approximate surface area is 166 Å². The number of aromatic nitrogens is 2. The van der Waals surface area contributed by atoms with E-state index in [1.165, 1.54) is 6.08 Å². The average molecular weight is 426 g/mol. The fourth-order valence-corrected chi connectivity index (χ4v) is 3.02. The number of ether oxygens (including phenoxy) is 1. The van der Waals surface area contributed by atoms with Gasteiger partial charge in [0.25, 0.3) is 0 Å². The zero-order chi connectivity index (χ0) is 19.2. The first kappa shape index (κ1) is 18.9. The summed E-state index contributed by atoms with van der Waals surface area (Å²) in [6.07, 6.45) is 6.96. The molecule has 0 saturated carbocycles. The number of rotatable bonds is 6. The molecule has 3 rings (SSSR count). The van der Waals surface area contributed by atoms with Crippen LogP contribution in [0.4, 0.5) is 5.69 Å². The topological polar surface area (TPSA) is 56.1 Å². The summed E-state index contributed by atoms with van der Waals surface area (Å²) in [6, 6.07) is 13.4. The minimum atomic E-state index is -0.199. The summed E-state index contributed by atoms with van der Waals surface area (Å²) >= 11 is 3.42. The summed E-state index contributed by atoms with van der Waals surface area (Å²) in [6.45, 7) is 2.73. The smallest absolute Gasteiger partial charge is 0.248 e. The number of nitrogens with one attached hydrogen (secondary N) is 1. The maximum atomic E-state index is 12.2. The van der Waals surface area contributed by atoms with Crippen LogP contribution < -0.4 is 10.1 Å². The molecule has 1 aromatic heterocycles. The number of halogens is 1. The number of methoxy groups -OCH3 is 1. The second kappa shape index (κ2) is 8.68. The molecule has 1 heterocycles. The highest BCUT2D eigenvalue weighted by atomic mass is 79.9. The van der Waals surface area contributed by atoms with Crippen molar-refractivity contribution in [3.8, 4) is 5.75 Å². The monoisotopic (exact) mass is 425 g/mol. The fraction of sp³-hybridized carbons (Fsp3) is 0.143. The number of hydrogen-bond donors (Lipinski definition) is 1. The maximum absolute atomic E-state index is 12.2. The Bertz CT molecular complexity index is 962. The number of nitrogens with zero attached hydrogens (tertiary/aromatic N) is 2. The van der Waals surface area contributed by atoms with Crippen molar-refractivity contribution in [3.63, 3.8) is 0 Å². The summed E-state index contributed by atoms with van der Waals surface area (Å²) in [5, 5.41) is 2.86. The van der Waals surface area contributed by atoms with E-state index in [4.69, 9.17) is 4.74 Å². The van der Waals surface area contributed by atoms with E-state index in [1.54, 1.807) is 19.4 Å². The van der Waals surface area contributed by atoms with Crippen molar-refractivity contribution in [1.29, 1.82) is 0 Å². The minimum absolute atomic E-state index is 0.199. The van der Waals surface area contributed by atoms with E-state index in [1.807, 2.05) is 55.6 Å². The van der Waals surface area contributed by atoms with Gasteiger partial charge in [-0.25, -0.2) is 4.98 Å². The number of amides is 1. The summed E-state index contributed by atoms with van der Waals surface area (Å²) in [7, 11) is 1.60. The van der Waals surface area contributed by atoms with Crippen molar-refractivity contribution in [3.05, 3.63) is 82.4 Å². The number of carbonyl (C=O) groups excluding carboxylic acids is 1. The molecule has 0 atom stereocenters. The molecular weight excluding hydrogens is 406 g/mol. The van der Waals surface area contributed by atoms with Gasteiger partial charge in [0.2, 0.25) is 5.91 Å². The average Bonchev–Trinajstić information content (AvgIpc) is 3.06. The van der Waals surface area contributed by atoms with Gasteiger partial charge >= 0.3 is 0 Å². The molecule has 0 aliphatic heterocycles. The van der Waals surface area contributed by atoms with Crippen molar-refractivity contribution < 1.29 is 9.53 Å². The van der Waals surface area contributed by atoms with E-state index >= 15 is 0 Å². The number of hydrogen-bond acceptors (Lipinski definition) is 3. The highest BCUT2D eigenvalue weighted by Gasteiger charge is 2.03. The van der Waals surface area contributed by atoms with Gasteiger partial charge in [-0.05, 0) is 48.9 Å². The summed E-state index contributed by atoms with van der Waals surface area (Å²) in [5.74, 6) is 1.48. The van der Waals surface area contributed by atoms with Gasteiger partial charge in [-0.3, -0.25) is 4.79 Å². The normalized spacial score (nSPS) is 10.9. The van der Waals surface area contributed by atoms with E-state index in [0.717, 1.165) is 33.7 Å². The molecule has 5 nitrogen and oxygen atoms in total. The van der Waals surface area contributed by atoms with Gasteiger partial charge in [0.1, 0.15) is 11.6 Å². The molecule has 0 fully saturated rings. The standard InChI is InChI=1S/C21H20BrN3O2/c1-15-23-11-12-25(15)14-16-3-7-19(8-4-16)24-21(26)10-5-17-13-18(22)6-9-20(17)27-2/h3-13H,14H2,1-2H3,(H,24,26)/b10-5+. The molecule has 1 amide bonds. The third kappa shape index (κ3) is 5.08. The molecule has 3 aromatic rings. The number of benzene rings is 2. The molecule has 1 N–H and O–H groups in total. The van der Waals surface area contributed by atoms with E-state index in [2.05, 4.69) is 30.8 Å². The molecule has 0 aliphatic rings. The van der Waals surface area contributed by atoms with Gasteiger partial charge in [0.05, 0.1) is 7.11 Å². The quantitative estimate of drug-likeness (QED) is 0.584. The zero-order valence-electron chi connectivity index (χ0n) is 15.1. The fourth-order valence-electron chi connectivity index (χ4n) is 2.65. The van der Waals surface area contributed by atoms with Crippen LogP contribution in [0, 0.1) is 6.92 Å². The van der Waals surface area contributed by atoms with Crippen LogP contribution >= 0.6 is 15.9 Å². The first-order chi connectivity index (χ1) is 13.0. The van der Waals surface area contributed by atoms with Gasteiger partial charge in [-0.2, -0.15) is 0 Å². The Morgan fingerprint density at radius 1 is 1.26 bits per heavy atom. The van der Waals surface area contributed by atoms with Crippen LogP contribution in [0.15, 0.2) is 65.4 Å². The van der Waals surface area contributed by atoms with Gasteiger partial charge in [-0.15, -0.1) is 0 Å². The van der Waals surface area contributed by atoms with Crippen LogP contribution in [-0.4, -0.2) is 22.6 Å². The van der Waals surface area contributed by atoms with Crippen LogP contribution in [0.2, 0.25) is 0 Å². The Hall–Kier alpha value is -2.86. The lowest BCUT2D eigenvalue weighted by Gasteiger charge is -2.07. The molecular formula is C21H20BrN3O2.